The predicted molar refractivity (Wildman–Crippen MR) is 102 cm³/mol. The van der Waals surface area contributed by atoms with Crippen molar-refractivity contribution in [3.05, 3.63) is 35.4 Å². The van der Waals surface area contributed by atoms with Gasteiger partial charge >= 0.3 is 0 Å². The van der Waals surface area contributed by atoms with E-state index >= 15 is 0 Å². The van der Waals surface area contributed by atoms with Gasteiger partial charge in [0.1, 0.15) is 0 Å². The summed E-state index contributed by atoms with van der Waals surface area (Å²) in [5.74, 6) is 0.543. The molecule has 0 unspecified atom stereocenters. The van der Waals surface area contributed by atoms with Gasteiger partial charge in [-0.15, -0.1) is 0 Å². The van der Waals surface area contributed by atoms with E-state index in [0.717, 1.165) is 39.0 Å². The van der Waals surface area contributed by atoms with E-state index in [1.165, 1.54) is 30.6 Å². The molecule has 1 fully saturated rings. The van der Waals surface area contributed by atoms with Crippen molar-refractivity contribution in [1.29, 1.82) is 0 Å². The number of nitrogens with one attached hydrogen (secondary N) is 1. The Hall–Kier alpha value is -1.59. The van der Waals surface area contributed by atoms with E-state index in [2.05, 4.69) is 58.3 Å². The van der Waals surface area contributed by atoms with E-state index in [-0.39, 0.29) is 0 Å². The minimum atomic E-state index is 0.543. The fourth-order valence-electron chi connectivity index (χ4n) is 2.89. The highest BCUT2D eigenvalue weighted by molar-refractivity contribution is 5.77. The highest BCUT2D eigenvalue weighted by Gasteiger charge is 2.12. The Morgan fingerprint density at radius 2 is 1.88 bits per heavy atom. The van der Waals surface area contributed by atoms with Crippen LogP contribution < -0.4 is 11.1 Å². The van der Waals surface area contributed by atoms with E-state index in [0.29, 0.717) is 12.5 Å². The molecular formula is C19H33N5. The van der Waals surface area contributed by atoms with E-state index in [9.17, 15) is 0 Å². The van der Waals surface area contributed by atoms with Crippen molar-refractivity contribution in [1.82, 2.24) is 15.1 Å². The van der Waals surface area contributed by atoms with Gasteiger partial charge in [0.15, 0.2) is 5.96 Å². The standard InChI is InChI=1S/C19H33N5/c1-3-4-10-21-19(20)22-15-17-6-8-18(9-7-17)16-24-12-5-11-23(2)13-14-24/h6-9H,3-5,10-16H2,1-2H3,(H3,20,21,22). The number of benzene rings is 1. The van der Waals surface area contributed by atoms with Crippen LogP contribution in [0.2, 0.25) is 0 Å². The number of hydrogen-bond donors (Lipinski definition) is 2. The monoisotopic (exact) mass is 331 g/mol. The molecule has 1 aliphatic heterocycles. The van der Waals surface area contributed by atoms with E-state index in [4.69, 9.17) is 5.73 Å². The normalized spacial score (nSPS) is 17.7. The Kier molecular flexibility index (Phi) is 8.05. The second-order valence-electron chi connectivity index (χ2n) is 6.73. The number of rotatable bonds is 7. The van der Waals surface area contributed by atoms with Crippen molar-refractivity contribution in [2.24, 2.45) is 10.7 Å². The summed E-state index contributed by atoms with van der Waals surface area (Å²) < 4.78 is 0. The van der Waals surface area contributed by atoms with Crippen LogP contribution in [0.5, 0.6) is 0 Å². The van der Waals surface area contributed by atoms with Crippen LogP contribution in [0.3, 0.4) is 0 Å². The minimum Gasteiger partial charge on any atom is -0.370 e. The van der Waals surface area contributed by atoms with Crippen LogP contribution in [0, 0.1) is 0 Å². The molecule has 0 spiro atoms. The van der Waals surface area contributed by atoms with Crippen molar-refractivity contribution in [2.75, 3.05) is 39.8 Å². The van der Waals surface area contributed by atoms with Gasteiger partial charge < -0.3 is 16.0 Å². The molecular weight excluding hydrogens is 298 g/mol. The number of aliphatic imine (C=N–C) groups is 1. The Morgan fingerprint density at radius 1 is 1.12 bits per heavy atom. The fourth-order valence-corrected chi connectivity index (χ4v) is 2.89. The Balaban J connectivity index is 1.78. The van der Waals surface area contributed by atoms with Gasteiger partial charge in [0.25, 0.3) is 0 Å². The molecule has 1 heterocycles. The van der Waals surface area contributed by atoms with Crippen LogP contribution in [0.25, 0.3) is 0 Å². The molecule has 3 N–H and O–H groups in total. The minimum absolute atomic E-state index is 0.543. The van der Waals surface area contributed by atoms with Gasteiger partial charge in [0.2, 0.25) is 0 Å². The first-order valence-corrected chi connectivity index (χ1v) is 9.20. The molecule has 0 bridgehead atoms. The summed E-state index contributed by atoms with van der Waals surface area (Å²) in [6.45, 7) is 9.46. The summed E-state index contributed by atoms with van der Waals surface area (Å²) in [5, 5.41) is 3.15. The third-order valence-electron chi connectivity index (χ3n) is 4.51. The second kappa shape index (κ2) is 10.3. The summed E-state index contributed by atoms with van der Waals surface area (Å²) in [7, 11) is 2.21. The predicted octanol–water partition coefficient (Wildman–Crippen LogP) is 2.03. The van der Waals surface area contributed by atoms with Crippen molar-refractivity contribution in [3.8, 4) is 0 Å². The molecule has 1 aliphatic rings. The lowest BCUT2D eigenvalue weighted by molar-refractivity contribution is 0.269. The van der Waals surface area contributed by atoms with Gasteiger partial charge in [0, 0.05) is 26.2 Å². The topological polar surface area (TPSA) is 56.9 Å². The molecule has 0 aromatic heterocycles. The van der Waals surface area contributed by atoms with Gasteiger partial charge in [-0.25, -0.2) is 4.99 Å². The number of nitrogens with zero attached hydrogens (tertiary/aromatic N) is 3. The van der Waals surface area contributed by atoms with Crippen LogP contribution in [-0.4, -0.2) is 55.5 Å². The summed E-state index contributed by atoms with van der Waals surface area (Å²) >= 11 is 0. The summed E-state index contributed by atoms with van der Waals surface area (Å²) in [6.07, 6.45) is 3.54. The van der Waals surface area contributed by atoms with Crippen LogP contribution in [0.4, 0.5) is 0 Å². The molecule has 5 heteroatoms. The first-order valence-electron chi connectivity index (χ1n) is 9.20. The number of likely N-dealkylation sites (N-methyl/N-ethyl adjacent to an activating group) is 1. The molecule has 134 valence electrons. The average molecular weight is 332 g/mol. The fraction of sp³-hybridized carbons (Fsp3) is 0.632. The van der Waals surface area contributed by atoms with Crippen molar-refractivity contribution >= 4 is 5.96 Å². The van der Waals surface area contributed by atoms with Gasteiger partial charge in [-0.1, -0.05) is 37.6 Å². The Morgan fingerprint density at radius 3 is 2.62 bits per heavy atom. The zero-order valence-electron chi connectivity index (χ0n) is 15.3. The molecule has 1 aromatic carbocycles. The summed E-state index contributed by atoms with van der Waals surface area (Å²) in [4.78, 5) is 9.36. The third kappa shape index (κ3) is 6.89. The first kappa shape index (κ1) is 18.7. The van der Waals surface area contributed by atoms with Crippen LogP contribution in [-0.2, 0) is 13.1 Å². The van der Waals surface area contributed by atoms with Crippen molar-refractivity contribution in [3.63, 3.8) is 0 Å². The lowest BCUT2D eigenvalue weighted by atomic mass is 10.1. The van der Waals surface area contributed by atoms with Crippen LogP contribution >= 0.6 is 0 Å². The molecule has 1 saturated heterocycles. The second-order valence-corrected chi connectivity index (χ2v) is 6.73. The number of hydrogen-bond acceptors (Lipinski definition) is 3. The van der Waals surface area contributed by atoms with Crippen LogP contribution in [0.15, 0.2) is 29.3 Å². The van der Waals surface area contributed by atoms with Gasteiger partial charge in [-0.3, -0.25) is 4.90 Å². The molecule has 0 atom stereocenters. The van der Waals surface area contributed by atoms with Gasteiger partial charge in [0.05, 0.1) is 6.54 Å². The van der Waals surface area contributed by atoms with Crippen LogP contribution in [0.1, 0.15) is 37.3 Å². The Labute approximate surface area is 146 Å². The van der Waals surface area contributed by atoms with Crippen molar-refractivity contribution < 1.29 is 0 Å². The van der Waals surface area contributed by atoms with E-state index < -0.39 is 0 Å². The molecule has 5 nitrogen and oxygen atoms in total. The average Bonchev–Trinajstić information content (AvgIpc) is 2.79. The van der Waals surface area contributed by atoms with Gasteiger partial charge in [-0.05, 0) is 44.1 Å². The number of nitrogens with two attached hydrogens (primary N) is 1. The summed E-state index contributed by atoms with van der Waals surface area (Å²) in [6, 6.07) is 8.78. The summed E-state index contributed by atoms with van der Waals surface area (Å²) in [5.41, 5.74) is 8.45. The smallest absolute Gasteiger partial charge is 0.188 e. The first-order chi connectivity index (χ1) is 11.7. The molecule has 1 aromatic rings. The maximum Gasteiger partial charge on any atom is 0.188 e. The van der Waals surface area contributed by atoms with Gasteiger partial charge in [-0.2, -0.15) is 0 Å². The quantitative estimate of drug-likeness (QED) is 0.456. The highest BCUT2D eigenvalue weighted by atomic mass is 15.2. The SMILES string of the molecule is CCCCNC(N)=NCc1ccc(CN2CCCN(C)CC2)cc1. The third-order valence-corrected chi connectivity index (χ3v) is 4.51. The molecule has 0 radical (unpaired) electrons. The number of guanidine groups is 1. The largest absolute Gasteiger partial charge is 0.370 e. The molecule has 0 saturated carbocycles. The van der Waals surface area contributed by atoms with Crippen molar-refractivity contribution in [2.45, 2.75) is 39.3 Å². The van der Waals surface area contributed by atoms with E-state index in [1.807, 2.05) is 0 Å². The molecule has 2 rings (SSSR count). The maximum absolute atomic E-state index is 5.87. The molecule has 0 aliphatic carbocycles. The molecule has 0 amide bonds. The zero-order valence-corrected chi connectivity index (χ0v) is 15.3. The highest BCUT2D eigenvalue weighted by Crippen LogP contribution is 2.10. The lowest BCUT2D eigenvalue weighted by Gasteiger charge is -2.20. The lowest BCUT2D eigenvalue weighted by Crippen LogP contribution is -2.32. The van der Waals surface area contributed by atoms with E-state index in [1.54, 1.807) is 0 Å². The number of unbranched alkanes of at least 4 members (excludes halogenated alkanes) is 1. The maximum atomic E-state index is 5.87. The molecule has 24 heavy (non-hydrogen) atoms. The Bertz CT molecular complexity index is 497. The zero-order chi connectivity index (χ0) is 17.2.